The molecule has 1 fully saturated rings. The Bertz CT molecular complexity index is 225. The number of nitrogens with one attached hydrogen (secondary N) is 1. The van der Waals surface area contributed by atoms with E-state index < -0.39 is 5.60 Å². The van der Waals surface area contributed by atoms with E-state index >= 15 is 0 Å². The molecule has 1 saturated carbocycles. The largest absolute Gasteiger partial charge is 0.387 e. The summed E-state index contributed by atoms with van der Waals surface area (Å²) >= 11 is 1.59. The number of carbonyl (C=O) groups is 1. The molecule has 16 heavy (non-hydrogen) atoms. The standard InChI is InChI=1S/C12H23NO2S/c1-12(15,9-16-2)8-13-11(14)7-10-5-3-4-6-10/h10,15H,3-9H2,1-2H3,(H,13,14). The molecule has 0 aromatic carbocycles. The number of carbonyl (C=O) groups excluding carboxylic acids is 1. The summed E-state index contributed by atoms with van der Waals surface area (Å²) < 4.78 is 0. The van der Waals surface area contributed by atoms with E-state index in [1.54, 1.807) is 18.7 Å². The smallest absolute Gasteiger partial charge is 0.220 e. The lowest BCUT2D eigenvalue weighted by Gasteiger charge is -2.22. The maximum atomic E-state index is 11.6. The van der Waals surface area contributed by atoms with Gasteiger partial charge in [-0.3, -0.25) is 4.79 Å². The third-order valence-corrected chi connectivity index (χ3v) is 3.98. The average molecular weight is 245 g/mol. The van der Waals surface area contributed by atoms with Crippen LogP contribution in [0.5, 0.6) is 0 Å². The lowest BCUT2D eigenvalue weighted by molar-refractivity contribution is -0.122. The van der Waals surface area contributed by atoms with Crippen molar-refractivity contribution in [3.63, 3.8) is 0 Å². The fourth-order valence-electron chi connectivity index (χ4n) is 2.20. The van der Waals surface area contributed by atoms with Gasteiger partial charge in [0.2, 0.25) is 5.91 Å². The second kappa shape index (κ2) is 6.50. The maximum absolute atomic E-state index is 11.6. The Morgan fingerprint density at radius 3 is 2.69 bits per heavy atom. The Kier molecular flexibility index (Phi) is 5.62. The van der Waals surface area contributed by atoms with Gasteiger partial charge in [0, 0.05) is 18.7 Å². The molecule has 1 aliphatic rings. The first kappa shape index (κ1) is 13.8. The summed E-state index contributed by atoms with van der Waals surface area (Å²) in [5.41, 5.74) is -0.787. The Morgan fingerprint density at radius 2 is 2.12 bits per heavy atom. The van der Waals surface area contributed by atoms with Crippen LogP contribution >= 0.6 is 11.8 Å². The third-order valence-electron chi connectivity index (χ3n) is 3.07. The Hall–Kier alpha value is -0.220. The molecule has 1 aliphatic carbocycles. The van der Waals surface area contributed by atoms with Crippen LogP contribution in [0.3, 0.4) is 0 Å². The van der Waals surface area contributed by atoms with Crippen LogP contribution in [-0.2, 0) is 4.79 Å². The minimum absolute atomic E-state index is 0.0910. The molecule has 1 unspecified atom stereocenters. The quantitative estimate of drug-likeness (QED) is 0.750. The molecule has 0 radical (unpaired) electrons. The number of amides is 1. The summed E-state index contributed by atoms with van der Waals surface area (Å²) in [6.07, 6.45) is 7.50. The molecular formula is C12H23NO2S. The van der Waals surface area contributed by atoms with E-state index in [4.69, 9.17) is 0 Å². The van der Waals surface area contributed by atoms with Gasteiger partial charge in [-0.1, -0.05) is 12.8 Å². The van der Waals surface area contributed by atoms with E-state index in [0.717, 1.165) is 0 Å². The summed E-state index contributed by atoms with van der Waals surface area (Å²) in [7, 11) is 0. The molecule has 4 heteroatoms. The van der Waals surface area contributed by atoms with Crippen molar-refractivity contribution in [2.24, 2.45) is 5.92 Å². The highest BCUT2D eigenvalue weighted by Crippen LogP contribution is 2.27. The van der Waals surface area contributed by atoms with Crippen LogP contribution in [0.1, 0.15) is 39.0 Å². The van der Waals surface area contributed by atoms with E-state index in [2.05, 4.69) is 5.32 Å². The van der Waals surface area contributed by atoms with Crippen LogP contribution in [0.2, 0.25) is 0 Å². The molecule has 0 bridgehead atoms. The lowest BCUT2D eigenvalue weighted by atomic mass is 10.0. The van der Waals surface area contributed by atoms with Crippen LogP contribution in [0, 0.1) is 5.92 Å². The molecule has 1 rings (SSSR count). The summed E-state index contributed by atoms with van der Waals surface area (Å²) in [6.45, 7) is 2.12. The molecular weight excluding hydrogens is 222 g/mol. The van der Waals surface area contributed by atoms with Gasteiger partial charge in [-0.05, 0) is 31.9 Å². The summed E-state index contributed by atoms with van der Waals surface area (Å²) in [5, 5.41) is 12.7. The minimum Gasteiger partial charge on any atom is -0.387 e. The van der Waals surface area contributed by atoms with Gasteiger partial charge in [0.25, 0.3) is 0 Å². The fraction of sp³-hybridized carbons (Fsp3) is 0.917. The molecule has 1 amide bonds. The van der Waals surface area contributed by atoms with Gasteiger partial charge in [-0.15, -0.1) is 0 Å². The molecule has 0 heterocycles. The highest BCUT2D eigenvalue weighted by molar-refractivity contribution is 7.98. The van der Waals surface area contributed by atoms with Crippen molar-refractivity contribution in [1.29, 1.82) is 0 Å². The molecule has 3 nitrogen and oxygen atoms in total. The fourth-order valence-corrected chi connectivity index (χ4v) is 2.92. The predicted octanol–water partition coefficient (Wildman–Crippen LogP) is 1.80. The second-order valence-electron chi connectivity index (χ2n) is 5.06. The molecule has 94 valence electrons. The number of hydrogen-bond donors (Lipinski definition) is 2. The number of rotatable bonds is 6. The summed E-state index contributed by atoms with van der Waals surface area (Å²) in [5.74, 6) is 1.32. The Balaban J connectivity index is 2.18. The SMILES string of the molecule is CSCC(C)(O)CNC(=O)CC1CCCC1. The maximum Gasteiger partial charge on any atom is 0.220 e. The molecule has 0 aliphatic heterocycles. The normalized spacial score (nSPS) is 20.7. The summed E-state index contributed by atoms with van der Waals surface area (Å²) in [6, 6.07) is 0. The lowest BCUT2D eigenvalue weighted by Crippen LogP contribution is -2.42. The van der Waals surface area contributed by atoms with E-state index in [0.29, 0.717) is 24.6 Å². The van der Waals surface area contributed by atoms with Crippen LogP contribution in [-0.4, -0.2) is 35.2 Å². The third kappa shape index (κ3) is 5.21. The molecule has 0 aromatic rings. The van der Waals surface area contributed by atoms with Gasteiger partial charge in [0.15, 0.2) is 0 Å². The van der Waals surface area contributed by atoms with Crippen molar-refractivity contribution < 1.29 is 9.90 Å². The highest BCUT2D eigenvalue weighted by atomic mass is 32.2. The van der Waals surface area contributed by atoms with Crippen molar-refractivity contribution in [2.45, 2.75) is 44.6 Å². The average Bonchev–Trinajstić information content (AvgIpc) is 2.68. The van der Waals surface area contributed by atoms with E-state index in [-0.39, 0.29) is 5.91 Å². The van der Waals surface area contributed by atoms with E-state index in [1.807, 2.05) is 6.26 Å². The van der Waals surface area contributed by atoms with Gasteiger partial charge in [-0.2, -0.15) is 11.8 Å². The van der Waals surface area contributed by atoms with Gasteiger partial charge in [0.05, 0.1) is 5.60 Å². The first-order chi connectivity index (χ1) is 7.53. The van der Waals surface area contributed by atoms with Crippen molar-refractivity contribution >= 4 is 17.7 Å². The van der Waals surface area contributed by atoms with Crippen molar-refractivity contribution in [1.82, 2.24) is 5.32 Å². The molecule has 2 N–H and O–H groups in total. The first-order valence-electron chi connectivity index (χ1n) is 6.01. The van der Waals surface area contributed by atoms with E-state index in [1.165, 1.54) is 25.7 Å². The zero-order valence-corrected chi connectivity index (χ0v) is 11.1. The highest BCUT2D eigenvalue weighted by Gasteiger charge is 2.22. The zero-order valence-electron chi connectivity index (χ0n) is 10.3. The molecule has 0 spiro atoms. The zero-order chi connectivity index (χ0) is 12.0. The minimum atomic E-state index is -0.787. The number of thioether (sulfide) groups is 1. The number of aliphatic hydroxyl groups is 1. The predicted molar refractivity (Wildman–Crippen MR) is 68.6 cm³/mol. The van der Waals surface area contributed by atoms with Gasteiger partial charge < -0.3 is 10.4 Å². The van der Waals surface area contributed by atoms with Crippen LogP contribution in [0.15, 0.2) is 0 Å². The van der Waals surface area contributed by atoms with E-state index in [9.17, 15) is 9.90 Å². The monoisotopic (exact) mass is 245 g/mol. The second-order valence-corrected chi connectivity index (χ2v) is 5.93. The number of hydrogen-bond acceptors (Lipinski definition) is 3. The van der Waals surface area contributed by atoms with Gasteiger partial charge in [-0.25, -0.2) is 0 Å². The van der Waals surface area contributed by atoms with Crippen LogP contribution < -0.4 is 5.32 Å². The van der Waals surface area contributed by atoms with Gasteiger partial charge >= 0.3 is 0 Å². The topological polar surface area (TPSA) is 49.3 Å². The Labute approximate surface area is 102 Å². The first-order valence-corrected chi connectivity index (χ1v) is 7.41. The van der Waals surface area contributed by atoms with Crippen molar-refractivity contribution in [3.05, 3.63) is 0 Å². The molecule has 0 aromatic heterocycles. The van der Waals surface area contributed by atoms with Gasteiger partial charge in [0.1, 0.15) is 0 Å². The van der Waals surface area contributed by atoms with Crippen molar-refractivity contribution in [2.75, 3.05) is 18.6 Å². The molecule has 0 saturated heterocycles. The van der Waals surface area contributed by atoms with Crippen LogP contribution in [0.25, 0.3) is 0 Å². The Morgan fingerprint density at radius 1 is 1.50 bits per heavy atom. The summed E-state index contributed by atoms with van der Waals surface area (Å²) in [4.78, 5) is 11.6. The molecule has 1 atom stereocenters. The van der Waals surface area contributed by atoms with Crippen LogP contribution in [0.4, 0.5) is 0 Å². The van der Waals surface area contributed by atoms with Crippen molar-refractivity contribution in [3.8, 4) is 0 Å².